The molecular formula is C14H18ClNOS. The Balaban J connectivity index is 1.86. The molecule has 2 unspecified atom stereocenters. The van der Waals surface area contributed by atoms with E-state index in [1.807, 2.05) is 37.3 Å². The fourth-order valence-corrected chi connectivity index (χ4v) is 3.56. The summed E-state index contributed by atoms with van der Waals surface area (Å²) in [7, 11) is 0. The van der Waals surface area contributed by atoms with Gasteiger partial charge in [-0.05, 0) is 31.1 Å². The van der Waals surface area contributed by atoms with E-state index in [2.05, 4.69) is 5.32 Å². The molecule has 2 atom stereocenters. The van der Waals surface area contributed by atoms with E-state index in [0.29, 0.717) is 6.54 Å². The summed E-state index contributed by atoms with van der Waals surface area (Å²) >= 11 is 8.03. The molecule has 0 saturated carbocycles. The van der Waals surface area contributed by atoms with Gasteiger partial charge in [0.15, 0.2) is 0 Å². The van der Waals surface area contributed by atoms with Gasteiger partial charge in [-0.1, -0.05) is 30.3 Å². The zero-order chi connectivity index (χ0) is 13.0. The fourth-order valence-electron chi connectivity index (χ4n) is 2.11. The number of thioether (sulfide) groups is 1. The number of hydrogen-bond donors (Lipinski definition) is 1. The predicted molar refractivity (Wildman–Crippen MR) is 78.1 cm³/mol. The number of nitrogens with one attached hydrogen (secondary N) is 1. The number of amides is 1. The zero-order valence-corrected chi connectivity index (χ0v) is 12.1. The standard InChI is InChI=1S/C14H18ClNOS/c1-14(8-5-9-18-14)13(17)16-10-12(15)11-6-3-2-4-7-11/h2-4,6-7,12H,5,8-10H2,1H3,(H,16,17). The Hall–Kier alpha value is -0.670. The smallest absolute Gasteiger partial charge is 0.236 e. The van der Waals surface area contributed by atoms with Gasteiger partial charge in [0.25, 0.3) is 0 Å². The van der Waals surface area contributed by atoms with Gasteiger partial charge in [-0.15, -0.1) is 23.4 Å². The third kappa shape index (κ3) is 3.21. The lowest BCUT2D eigenvalue weighted by Gasteiger charge is -2.22. The van der Waals surface area contributed by atoms with E-state index < -0.39 is 0 Å². The quantitative estimate of drug-likeness (QED) is 0.859. The average Bonchev–Trinajstić information content (AvgIpc) is 2.85. The molecule has 1 saturated heterocycles. The number of halogens is 1. The van der Waals surface area contributed by atoms with Crippen LogP contribution in [0.5, 0.6) is 0 Å². The first-order chi connectivity index (χ1) is 8.62. The number of alkyl halides is 1. The molecule has 0 radical (unpaired) electrons. The van der Waals surface area contributed by atoms with Crippen molar-refractivity contribution in [3.05, 3.63) is 35.9 Å². The number of carbonyl (C=O) groups excluding carboxylic acids is 1. The maximum atomic E-state index is 12.1. The highest BCUT2D eigenvalue weighted by atomic mass is 35.5. The average molecular weight is 284 g/mol. The van der Waals surface area contributed by atoms with Crippen LogP contribution in [0.25, 0.3) is 0 Å². The minimum atomic E-state index is -0.257. The van der Waals surface area contributed by atoms with Crippen molar-refractivity contribution >= 4 is 29.3 Å². The number of hydrogen-bond acceptors (Lipinski definition) is 2. The van der Waals surface area contributed by atoms with Crippen LogP contribution < -0.4 is 5.32 Å². The van der Waals surface area contributed by atoms with Crippen molar-refractivity contribution in [1.29, 1.82) is 0 Å². The summed E-state index contributed by atoms with van der Waals surface area (Å²) < 4.78 is -0.257. The summed E-state index contributed by atoms with van der Waals surface area (Å²) in [5.41, 5.74) is 1.05. The first-order valence-electron chi connectivity index (χ1n) is 6.23. The summed E-state index contributed by atoms with van der Waals surface area (Å²) in [6, 6.07) is 9.84. The lowest BCUT2D eigenvalue weighted by Crippen LogP contribution is -2.41. The van der Waals surface area contributed by atoms with Crippen molar-refractivity contribution in [1.82, 2.24) is 5.32 Å². The van der Waals surface area contributed by atoms with Crippen LogP contribution in [0.15, 0.2) is 30.3 Å². The minimum Gasteiger partial charge on any atom is -0.353 e. The highest BCUT2D eigenvalue weighted by Gasteiger charge is 2.37. The molecule has 1 amide bonds. The number of benzene rings is 1. The first kappa shape index (κ1) is 13.8. The second kappa shape index (κ2) is 5.98. The lowest BCUT2D eigenvalue weighted by molar-refractivity contribution is -0.123. The zero-order valence-electron chi connectivity index (χ0n) is 10.5. The van der Waals surface area contributed by atoms with Gasteiger partial charge in [0.1, 0.15) is 0 Å². The number of carbonyl (C=O) groups is 1. The van der Waals surface area contributed by atoms with Crippen LogP contribution in [-0.4, -0.2) is 23.0 Å². The molecule has 1 aliphatic heterocycles. The molecular weight excluding hydrogens is 266 g/mol. The molecule has 4 heteroatoms. The van der Waals surface area contributed by atoms with Gasteiger partial charge in [-0.2, -0.15) is 0 Å². The highest BCUT2D eigenvalue weighted by molar-refractivity contribution is 8.01. The van der Waals surface area contributed by atoms with Crippen molar-refractivity contribution in [2.45, 2.75) is 29.9 Å². The summed E-state index contributed by atoms with van der Waals surface area (Å²) in [5.74, 6) is 1.19. The molecule has 1 aromatic carbocycles. The SMILES string of the molecule is CC1(C(=O)NCC(Cl)c2ccccc2)CCCS1. The van der Waals surface area contributed by atoms with Crippen molar-refractivity contribution in [2.75, 3.05) is 12.3 Å². The normalized spacial score (nSPS) is 24.8. The van der Waals surface area contributed by atoms with Gasteiger partial charge in [0, 0.05) is 6.54 Å². The molecule has 1 aliphatic rings. The second-order valence-electron chi connectivity index (χ2n) is 4.77. The van der Waals surface area contributed by atoms with Gasteiger partial charge in [0.2, 0.25) is 5.91 Å². The largest absolute Gasteiger partial charge is 0.353 e. The third-order valence-corrected chi connectivity index (χ3v) is 5.23. The Morgan fingerprint density at radius 1 is 1.50 bits per heavy atom. The van der Waals surface area contributed by atoms with Crippen molar-refractivity contribution in [2.24, 2.45) is 0 Å². The summed E-state index contributed by atoms with van der Waals surface area (Å²) in [5, 5.41) is 2.81. The van der Waals surface area contributed by atoms with Crippen LogP contribution in [-0.2, 0) is 4.79 Å². The van der Waals surface area contributed by atoms with Gasteiger partial charge < -0.3 is 5.32 Å². The molecule has 18 heavy (non-hydrogen) atoms. The first-order valence-corrected chi connectivity index (χ1v) is 7.65. The summed E-state index contributed by atoms with van der Waals surface area (Å²) in [6.07, 6.45) is 2.08. The molecule has 0 aliphatic carbocycles. The predicted octanol–water partition coefficient (Wildman–Crippen LogP) is 3.37. The van der Waals surface area contributed by atoms with E-state index in [1.54, 1.807) is 11.8 Å². The van der Waals surface area contributed by atoms with E-state index >= 15 is 0 Å². The molecule has 1 fully saturated rings. The summed E-state index contributed by atoms with van der Waals surface area (Å²) in [6.45, 7) is 2.51. The Bertz CT molecular complexity index is 404. The Morgan fingerprint density at radius 2 is 2.22 bits per heavy atom. The molecule has 1 heterocycles. The molecule has 2 rings (SSSR count). The second-order valence-corrected chi connectivity index (χ2v) is 6.90. The van der Waals surface area contributed by atoms with Crippen LogP contribution in [0.2, 0.25) is 0 Å². The topological polar surface area (TPSA) is 29.1 Å². The van der Waals surface area contributed by atoms with Crippen LogP contribution in [0.3, 0.4) is 0 Å². The van der Waals surface area contributed by atoms with E-state index in [0.717, 1.165) is 24.2 Å². The highest BCUT2D eigenvalue weighted by Crippen LogP contribution is 2.37. The molecule has 1 aromatic rings. The maximum Gasteiger partial charge on any atom is 0.236 e. The van der Waals surface area contributed by atoms with Crippen LogP contribution in [0.1, 0.15) is 30.7 Å². The van der Waals surface area contributed by atoms with Gasteiger partial charge >= 0.3 is 0 Å². The monoisotopic (exact) mass is 283 g/mol. The van der Waals surface area contributed by atoms with Crippen LogP contribution in [0, 0.1) is 0 Å². The molecule has 98 valence electrons. The molecule has 2 nitrogen and oxygen atoms in total. The Morgan fingerprint density at radius 3 is 2.83 bits per heavy atom. The number of rotatable bonds is 4. The molecule has 1 N–H and O–H groups in total. The van der Waals surface area contributed by atoms with Crippen molar-refractivity contribution in [3.8, 4) is 0 Å². The Labute approximate surface area is 117 Å². The lowest BCUT2D eigenvalue weighted by atomic mass is 10.0. The maximum absolute atomic E-state index is 12.1. The minimum absolute atomic E-state index is 0.117. The van der Waals surface area contributed by atoms with Crippen LogP contribution >= 0.6 is 23.4 Å². The van der Waals surface area contributed by atoms with E-state index in [1.165, 1.54) is 0 Å². The molecule has 0 bridgehead atoms. The van der Waals surface area contributed by atoms with Crippen molar-refractivity contribution in [3.63, 3.8) is 0 Å². The van der Waals surface area contributed by atoms with Gasteiger partial charge in [0.05, 0.1) is 10.1 Å². The van der Waals surface area contributed by atoms with E-state index in [4.69, 9.17) is 11.6 Å². The van der Waals surface area contributed by atoms with E-state index in [-0.39, 0.29) is 16.0 Å². The van der Waals surface area contributed by atoms with Gasteiger partial charge in [-0.25, -0.2) is 0 Å². The van der Waals surface area contributed by atoms with E-state index in [9.17, 15) is 4.79 Å². The van der Waals surface area contributed by atoms with Gasteiger partial charge in [-0.3, -0.25) is 4.79 Å². The fraction of sp³-hybridized carbons (Fsp3) is 0.500. The molecule has 0 aromatic heterocycles. The van der Waals surface area contributed by atoms with Crippen molar-refractivity contribution < 1.29 is 4.79 Å². The third-order valence-electron chi connectivity index (χ3n) is 3.30. The summed E-state index contributed by atoms with van der Waals surface area (Å²) in [4.78, 5) is 12.1. The molecule has 0 spiro atoms. The Kier molecular flexibility index (Phi) is 4.57. The van der Waals surface area contributed by atoms with Crippen LogP contribution in [0.4, 0.5) is 0 Å².